The molecule has 4 aliphatic heterocycles. The van der Waals surface area contributed by atoms with Crippen molar-refractivity contribution in [3.63, 3.8) is 0 Å². The Hall–Kier alpha value is -5.25. The van der Waals surface area contributed by atoms with Crippen LogP contribution in [0.3, 0.4) is 0 Å². The quantitative estimate of drug-likeness (QED) is 0.107. The number of hydrogen-bond donors (Lipinski definition) is 0. The topological polar surface area (TPSA) is 41.7 Å². The molecule has 0 N–H and O–H groups in total. The van der Waals surface area contributed by atoms with Gasteiger partial charge in [0.1, 0.15) is 11.4 Å². The Balaban J connectivity index is 1.36. The predicted molar refractivity (Wildman–Crippen MR) is 193 cm³/mol. The summed E-state index contributed by atoms with van der Waals surface area (Å²) in [5, 5.41) is 1.53. The van der Waals surface area contributed by atoms with Crippen molar-refractivity contribution in [2.45, 2.75) is 55.4 Å². The predicted octanol–water partition coefficient (Wildman–Crippen LogP) is 8.48. The molecule has 9 rings (SSSR count). The molecule has 0 aliphatic carbocycles. The number of benzene rings is 1. The highest BCUT2D eigenvalue weighted by Gasteiger charge is 2.56. The first-order chi connectivity index (χ1) is 23.7. The molecular formula is C38H34B2F4N6. The fourth-order valence-electron chi connectivity index (χ4n) is 9.37. The Bertz CT molecular complexity index is 2500. The Morgan fingerprint density at radius 1 is 0.560 bits per heavy atom. The average molecular weight is 672 g/mol. The number of allylic oxidation sites excluding steroid dienone is 4. The third-order valence-corrected chi connectivity index (χ3v) is 11.0. The van der Waals surface area contributed by atoms with Gasteiger partial charge in [-0.25, -0.2) is 0 Å². The number of halogens is 4. The Morgan fingerprint density at radius 2 is 0.940 bits per heavy atom. The fraction of sp³-hybridized carbons (Fsp3) is 0.211. The third-order valence-electron chi connectivity index (χ3n) is 11.0. The van der Waals surface area contributed by atoms with Crippen LogP contribution < -0.4 is 0 Å². The zero-order valence-electron chi connectivity index (χ0n) is 29.1. The molecule has 50 heavy (non-hydrogen) atoms. The number of aryl methyl sites for hydroxylation is 4. The van der Waals surface area contributed by atoms with E-state index in [-0.39, 0.29) is 0 Å². The van der Waals surface area contributed by atoms with Gasteiger partial charge in [0.05, 0.1) is 22.2 Å². The zero-order chi connectivity index (χ0) is 35.3. The second-order valence-corrected chi connectivity index (χ2v) is 14.3. The zero-order valence-corrected chi connectivity index (χ0v) is 29.1. The van der Waals surface area contributed by atoms with Crippen LogP contribution >= 0.6 is 0 Å². The highest BCUT2D eigenvalue weighted by Crippen LogP contribution is 2.48. The minimum atomic E-state index is -4.13. The van der Waals surface area contributed by atoms with Gasteiger partial charge >= 0.3 is 13.9 Å². The summed E-state index contributed by atoms with van der Waals surface area (Å²) >= 11 is 0. The normalized spacial score (nSPS) is 19.0. The second kappa shape index (κ2) is 9.71. The summed E-state index contributed by atoms with van der Waals surface area (Å²) in [6.45, 7) is 6.16. The number of nitrogens with zero attached hydrogens (tertiary/aromatic N) is 6. The molecule has 0 amide bonds. The SMILES string of the molecule is CC1=CC(C)=[N+]2C1=C(c1ccnc3c1ccc1c(C4=C5C(C)=CC(C)=[N+]5[B-](F)(F)n5c(C)cc(C)c54)ccnc13)c1c(C)cc(C)n1[B-]2(F)F. The van der Waals surface area contributed by atoms with Crippen LogP contribution in [0.1, 0.15) is 72.7 Å². The molecule has 4 aliphatic rings. The van der Waals surface area contributed by atoms with Gasteiger partial charge in [-0.1, -0.05) is 12.1 Å². The summed E-state index contributed by atoms with van der Waals surface area (Å²) < 4.78 is 70.4. The van der Waals surface area contributed by atoms with Crippen LogP contribution in [0.4, 0.5) is 17.3 Å². The van der Waals surface area contributed by atoms with Crippen LogP contribution in [-0.2, 0) is 0 Å². The molecule has 0 spiro atoms. The molecule has 0 unspecified atom stereocenters. The first-order valence-corrected chi connectivity index (χ1v) is 16.9. The number of pyridine rings is 2. The van der Waals surface area contributed by atoms with Crippen LogP contribution in [0.5, 0.6) is 0 Å². The molecule has 0 saturated heterocycles. The van der Waals surface area contributed by atoms with Crippen molar-refractivity contribution in [3.8, 4) is 0 Å². The van der Waals surface area contributed by atoms with Crippen LogP contribution in [0.25, 0.3) is 33.0 Å². The van der Waals surface area contributed by atoms with Gasteiger partial charge < -0.3 is 35.2 Å². The first kappa shape index (κ1) is 30.8. The van der Waals surface area contributed by atoms with Gasteiger partial charge in [-0.15, -0.1) is 0 Å². The molecule has 0 saturated carbocycles. The van der Waals surface area contributed by atoms with Crippen molar-refractivity contribution in [2.75, 3.05) is 0 Å². The van der Waals surface area contributed by atoms with Crippen molar-refractivity contribution in [1.82, 2.24) is 18.9 Å². The van der Waals surface area contributed by atoms with E-state index in [0.717, 1.165) is 55.3 Å². The van der Waals surface area contributed by atoms with E-state index in [9.17, 15) is 0 Å². The number of fused-ring (bicyclic) bond motifs is 7. The molecular weight excluding hydrogens is 638 g/mol. The van der Waals surface area contributed by atoms with E-state index in [1.165, 1.54) is 17.9 Å². The summed E-state index contributed by atoms with van der Waals surface area (Å²) in [6.07, 6.45) is 7.05. The average Bonchev–Trinajstić information content (AvgIpc) is 3.73. The maximum absolute atomic E-state index is 16.4. The fourth-order valence-corrected chi connectivity index (χ4v) is 9.37. The summed E-state index contributed by atoms with van der Waals surface area (Å²) in [5.41, 5.74) is 11.2. The Labute approximate surface area is 286 Å². The summed E-state index contributed by atoms with van der Waals surface area (Å²) in [4.78, 5) is 9.66. The molecule has 5 aromatic rings. The lowest BCUT2D eigenvalue weighted by Gasteiger charge is -2.34. The molecule has 250 valence electrons. The van der Waals surface area contributed by atoms with Gasteiger partial charge in [0.15, 0.2) is 11.4 Å². The van der Waals surface area contributed by atoms with Crippen molar-refractivity contribution in [3.05, 3.63) is 129 Å². The van der Waals surface area contributed by atoms with Gasteiger partial charge in [0, 0.05) is 82.8 Å². The lowest BCUT2D eigenvalue weighted by atomic mass is 9.82. The molecule has 8 heterocycles. The Kier molecular flexibility index (Phi) is 5.98. The van der Waals surface area contributed by atoms with Gasteiger partial charge in [0.2, 0.25) is 0 Å². The lowest BCUT2D eigenvalue weighted by molar-refractivity contribution is -0.364. The largest absolute Gasteiger partial charge is 0.737 e. The monoisotopic (exact) mass is 672 g/mol. The lowest BCUT2D eigenvalue weighted by Crippen LogP contribution is -2.51. The van der Waals surface area contributed by atoms with E-state index in [0.29, 0.717) is 56.6 Å². The van der Waals surface area contributed by atoms with Gasteiger partial charge in [-0.2, -0.15) is 0 Å². The minimum absolute atomic E-state index is 0.494. The summed E-state index contributed by atoms with van der Waals surface area (Å²) in [5.74, 6) is 0. The number of aromatic nitrogens is 4. The van der Waals surface area contributed by atoms with Gasteiger partial charge in [-0.3, -0.25) is 9.97 Å². The van der Waals surface area contributed by atoms with Crippen molar-refractivity contribution in [2.24, 2.45) is 0 Å². The maximum atomic E-state index is 16.4. The molecule has 0 atom stereocenters. The molecule has 4 aromatic heterocycles. The molecule has 0 bridgehead atoms. The number of rotatable bonds is 2. The smallest absolute Gasteiger partial charge is 0.393 e. The van der Waals surface area contributed by atoms with E-state index in [2.05, 4.69) is 0 Å². The standard InChI is InChI=1S/C38H34B2F4N6/c1-19-15-23(5)47-35(19)31(36-20(2)16-24(6)48(36)39(47,41)42)27-11-13-45-33-29(27)9-10-30-28(12-14-46-34(30)33)32-37-21(3)17-25(7)49(37)40(43,44)50-26(8)18-22(4)38(32)50/h9-18H,1-8H3. The van der Waals surface area contributed by atoms with E-state index < -0.39 is 13.9 Å². The highest BCUT2D eigenvalue weighted by molar-refractivity contribution is 6.59. The van der Waals surface area contributed by atoms with Crippen molar-refractivity contribution >= 4 is 58.3 Å². The Morgan fingerprint density at radius 3 is 1.32 bits per heavy atom. The van der Waals surface area contributed by atoms with Crippen LogP contribution in [0.2, 0.25) is 0 Å². The number of hydrogen-bond acceptors (Lipinski definition) is 2. The minimum Gasteiger partial charge on any atom is -0.393 e. The highest BCUT2D eigenvalue weighted by atomic mass is 19.3. The van der Waals surface area contributed by atoms with Crippen LogP contribution in [-0.4, -0.2) is 53.3 Å². The van der Waals surface area contributed by atoms with Crippen LogP contribution in [0, 0.1) is 27.7 Å². The molecule has 0 radical (unpaired) electrons. The molecule has 6 nitrogen and oxygen atoms in total. The molecule has 12 heteroatoms. The first-order valence-electron chi connectivity index (χ1n) is 16.9. The van der Waals surface area contributed by atoms with Gasteiger partial charge in [-0.05, 0) is 88.3 Å². The summed E-state index contributed by atoms with van der Waals surface area (Å²) in [7, 11) is 0. The maximum Gasteiger partial charge on any atom is 0.737 e. The van der Waals surface area contributed by atoms with E-state index >= 15 is 17.3 Å². The van der Waals surface area contributed by atoms with Crippen LogP contribution in [0.15, 0.2) is 83.5 Å². The summed E-state index contributed by atoms with van der Waals surface area (Å²) in [6, 6.07) is 11.4. The van der Waals surface area contributed by atoms with E-state index in [1.807, 2.05) is 76.2 Å². The molecule has 0 fully saturated rings. The van der Waals surface area contributed by atoms with Crippen molar-refractivity contribution < 1.29 is 26.2 Å². The third kappa shape index (κ3) is 3.61. The van der Waals surface area contributed by atoms with E-state index in [4.69, 9.17) is 9.97 Å². The van der Waals surface area contributed by atoms with E-state index in [1.54, 1.807) is 40.1 Å². The second-order valence-electron chi connectivity index (χ2n) is 14.3. The van der Waals surface area contributed by atoms with Crippen molar-refractivity contribution in [1.29, 1.82) is 0 Å². The van der Waals surface area contributed by atoms with Gasteiger partial charge in [0.25, 0.3) is 0 Å². The molecule has 1 aromatic carbocycles.